The predicted octanol–water partition coefficient (Wildman–Crippen LogP) is 2.23. The molecule has 0 saturated carbocycles. The van der Waals surface area contributed by atoms with E-state index >= 15 is 0 Å². The fourth-order valence-electron chi connectivity index (χ4n) is 1.21. The third kappa shape index (κ3) is 1.27. The zero-order valence-electron chi connectivity index (χ0n) is 7.52. The van der Waals surface area contributed by atoms with Gasteiger partial charge in [-0.3, -0.25) is 9.20 Å². The number of Topliss-reactive ketones (excluding diaryl/α,β-unsaturated/α-hetero) is 1. The van der Waals surface area contributed by atoms with E-state index < -0.39 is 0 Å². The highest BCUT2D eigenvalue weighted by atomic mass is 32.1. The van der Waals surface area contributed by atoms with Crippen molar-refractivity contribution in [2.24, 2.45) is 5.92 Å². The van der Waals surface area contributed by atoms with Crippen molar-refractivity contribution in [3.8, 4) is 0 Å². The van der Waals surface area contributed by atoms with Crippen LogP contribution in [0.5, 0.6) is 0 Å². The van der Waals surface area contributed by atoms with Gasteiger partial charge in [-0.2, -0.15) is 0 Å². The molecule has 0 spiro atoms. The topological polar surface area (TPSA) is 34.4 Å². The molecule has 3 nitrogen and oxygen atoms in total. The summed E-state index contributed by atoms with van der Waals surface area (Å²) in [5.74, 6) is 0.172. The maximum atomic E-state index is 11.7. The van der Waals surface area contributed by atoms with Crippen molar-refractivity contribution in [1.82, 2.24) is 9.38 Å². The van der Waals surface area contributed by atoms with Gasteiger partial charge in [-0.15, -0.1) is 11.3 Å². The molecule has 0 saturated heterocycles. The van der Waals surface area contributed by atoms with Crippen molar-refractivity contribution in [3.63, 3.8) is 0 Å². The van der Waals surface area contributed by atoms with E-state index in [4.69, 9.17) is 0 Å². The van der Waals surface area contributed by atoms with Crippen molar-refractivity contribution in [3.05, 3.63) is 23.5 Å². The third-order valence-electron chi connectivity index (χ3n) is 1.92. The Morgan fingerprint density at radius 2 is 2.38 bits per heavy atom. The molecule has 0 amide bonds. The molecule has 2 aromatic heterocycles. The third-order valence-corrected chi connectivity index (χ3v) is 2.69. The Labute approximate surface area is 80.0 Å². The van der Waals surface area contributed by atoms with E-state index in [1.54, 1.807) is 6.20 Å². The van der Waals surface area contributed by atoms with Gasteiger partial charge in [-0.05, 0) is 0 Å². The molecule has 2 rings (SSSR count). The van der Waals surface area contributed by atoms with Gasteiger partial charge in [-0.1, -0.05) is 13.8 Å². The molecule has 0 radical (unpaired) electrons. The molecule has 2 heterocycles. The van der Waals surface area contributed by atoms with E-state index in [0.29, 0.717) is 5.69 Å². The van der Waals surface area contributed by atoms with Gasteiger partial charge in [0.05, 0.1) is 6.20 Å². The number of carbonyl (C=O) groups excluding carboxylic acids is 1. The molecule has 13 heavy (non-hydrogen) atoms. The fraction of sp³-hybridized carbons (Fsp3) is 0.333. The maximum absolute atomic E-state index is 11.7. The van der Waals surface area contributed by atoms with Gasteiger partial charge in [0.25, 0.3) is 0 Å². The van der Waals surface area contributed by atoms with Crippen LogP contribution in [0.1, 0.15) is 24.3 Å². The van der Waals surface area contributed by atoms with E-state index in [9.17, 15) is 4.79 Å². The summed E-state index contributed by atoms with van der Waals surface area (Å²) in [6.07, 6.45) is 3.52. The minimum absolute atomic E-state index is 0.0276. The van der Waals surface area contributed by atoms with Crippen molar-refractivity contribution in [2.45, 2.75) is 13.8 Å². The van der Waals surface area contributed by atoms with Gasteiger partial charge < -0.3 is 0 Å². The lowest BCUT2D eigenvalue weighted by molar-refractivity contribution is 0.0933. The Morgan fingerprint density at radius 1 is 1.62 bits per heavy atom. The van der Waals surface area contributed by atoms with Crippen LogP contribution in [0.4, 0.5) is 0 Å². The highest BCUT2D eigenvalue weighted by Gasteiger charge is 2.15. The van der Waals surface area contributed by atoms with Gasteiger partial charge >= 0.3 is 0 Å². The molecule has 0 aliphatic heterocycles. The summed E-state index contributed by atoms with van der Waals surface area (Å²) < 4.78 is 1.84. The van der Waals surface area contributed by atoms with Crippen LogP contribution in [0.15, 0.2) is 17.8 Å². The summed E-state index contributed by atoms with van der Waals surface area (Å²) in [6, 6.07) is 0. The molecule has 0 N–H and O–H groups in total. The van der Waals surface area contributed by atoms with Crippen LogP contribution < -0.4 is 0 Å². The fourth-order valence-corrected chi connectivity index (χ4v) is 1.90. The highest BCUT2D eigenvalue weighted by molar-refractivity contribution is 7.15. The first-order valence-electron chi connectivity index (χ1n) is 4.15. The van der Waals surface area contributed by atoms with E-state index in [1.165, 1.54) is 11.3 Å². The second-order valence-corrected chi connectivity index (χ2v) is 4.09. The SMILES string of the molecule is CC(C)C(=O)c1cnc2sccn12. The number of ketones is 1. The quantitative estimate of drug-likeness (QED) is 0.687. The number of thiazole rings is 1. The number of fused-ring (bicyclic) bond motifs is 1. The smallest absolute Gasteiger partial charge is 0.194 e. The largest absolute Gasteiger partial charge is 0.292 e. The molecule has 0 bridgehead atoms. The molecule has 68 valence electrons. The second kappa shape index (κ2) is 2.96. The second-order valence-electron chi connectivity index (χ2n) is 3.22. The molecular formula is C9H10N2OS. The van der Waals surface area contributed by atoms with Crippen molar-refractivity contribution in [1.29, 1.82) is 0 Å². The number of rotatable bonds is 2. The van der Waals surface area contributed by atoms with Gasteiger partial charge in [0.15, 0.2) is 10.7 Å². The Balaban J connectivity index is 2.54. The summed E-state index contributed by atoms with van der Waals surface area (Å²) in [5.41, 5.74) is 0.686. The first-order valence-corrected chi connectivity index (χ1v) is 5.03. The van der Waals surface area contributed by atoms with Gasteiger partial charge in [0, 0.05) is 17.5 Å². The average molecular weight is 194 g/mol. The molecule has 0 aliphatic rings. The molecule has 0 unspecified atom stereocenters. The Kier molecular flexibility index (Phi) is 1.92. The van der Waals surface area contributed by atoms with Crippen LogP contribution >= 0.6 is 11.3 Å². The monoisotopic (exact) mass is 194 g/mol. The zero-order chi connectivity index (χ0) is 9.42. The molecule has 0 atom stereocenters. The first-order chi connectivity index (χ1) is 6.20. The van der Waals surface area contributed by atoms with Crippen molar-refractivity contribution in [2.75, 3.05) is 0 Å². The normalized spacial score (nSPS) is 11.3. The standard InChI is InChI=1S/C9H10N2OS/c1-6(2)8(12)7-5-10-9-11(7)3-4-13-9/h3-6H,1-2H3. The summed E-state index contributed by atoms with van der Waals surface area (Å²) in [6.45, 7) is 3.79. The van der Waals surface area contributed by atoms with Gasteiger partial charge in [0.1, 0.15) is 5.69 Å². The van der Waals surface area contributed by atoms with Crippen LogP contribution in [0.3, 0.4) is 0 Å². The summed E-state index contributed by atoms with van der Waals surface area (Å²) >= 11 is 1.54. The minimum Gasteiger partial charge on any atom is -0.292 e. The first kappa shape index (κ1) is 8.44. The molecule has 0 aliphatic carbocycles. The van der Waals surface area contributed by atoms with Gasteiger partial charge in [0.2, 0.25) is 0 Å². The Morgan fingerprint density at radius 3 is 3.08 bits per heavy atom. The van der Waals surface area contributed by atoms with Crippen LogP contribution in [-0.2, 0) is 0 Å². The summed E-state index contributed by atoms with van der Waals surface area (Å²) in [7, 11) is 0. The Hall–Kier alpha value is -1.16. The molecular weight excluding hydrogens is 184 g/mol. The van der Waals surface area contributed by atoms with Crippen LogP contribution in [0.25, 0.3) is 4.96 Å². The highest BCUT2D eigenvalue weighted by Crippen LogP contribution is 2.15. The van der Waals surface area contributed by atoms with Gasteiger partial charge in [-0.25, -0.2) is 4.98 Å². The number of nitrogens with zero attached hydrogens (tertiary/aromatic N) is 2. The molecule has 0 fully saturated rings. The number of imidazole rings is 1. The van der Waals surface area contributed by atoms with E-state index in [0.717, 1.165) is 4.96 Å². The van der Waals surface area contributed by atoms with Crippen LogP contribution in [0, 0.1) is 5.92 Å². The lowest BCUT2D eigenvalue weighted by Gasteiger charge is -2.00. The van der Waals surface area contributed by atoms with Crippen LogP contribution in [0.2, 0.25) is 0 Å². The van der Waals surface area contributed by atoms with E-state index in [-0.39, 0.29) is 11.7 Å². The summed E-state index contributed by atoms with van der Waals surface area (Å²) in [4.78, 5) is 16.7. The van der Waals surface area contributed by atoms with Crippen molar-refractivity contribution >= 4 is 22.1 Å². The number of hydrogen-bond acceptors (Lipinski definition) is 3. The molecule has 4 heteroatoms. The lowest BCUT2D eigenvalue weighted by Crippen LogP contribution is -2.09. The van der Waals surface area contributed by atoms with E-state index in [2.05, 4.69) is 4.98 Å². The molecule has 2 aromatic rings. The maximum Gasteiger partial charge on any atom is 0.194 e. The molecule has 0 aromatic carbocycles. The predicted molar refractivity (Wildman–Crippen MR) is 52.2 cm³/mol. The number of aromatic nitrogens is 2. The number of hydrogen-bond donors (Lipinski definition) is 0. The lowest BCUT2D eigenvalue weighted by atomic mass is 10.1. The minimum atomic E-state index is 0.0276. The zero-order valence-corrected chi connectivity index (χ0v) is 8.34. The van der Waals surface area contributed by atoms with Crippen molar-refractivity contribution < 1.29 is 4.79 Å². The average Bonchev–Trinajstić information content (AvgIpc) is 2.61. The Bertz CT molecular complexity index is 441. The van der Waals surface area contributed by atoms with E-state index in [1.807, 2.05) is 29.8 Å². The van der Waals surface area contributed by atoms with Crippen LogP contribution in [-0.4, -0.2) is 15.2 Å². The summed E-state index contributed by atoms with van der Waals surface area (Å²) in [5, 5.41) is 1.93. The number of carbonyl (C=O) groups is 1.